The minimum absolute atomic E-state index is 0.0297. The second-order valence-corrected chi connectivity index (χ2v) is 15.9. The van der Waals surface area contributed by atoms with Crippen molar-refractivity contribution in [3.05, 3.63) is 213 Å². The van der Waals surface area contributed by atoms with Crippen LogP contribution in [0.2, 0.25) is 0 Å². The van der Waals surface area contributed by atoms with Crippen LogP contribution in [0.1, 0.15) is 109 Å². The number of hydrogen-bond donors (Lipinski definition) is 0. The highest BCUT2D eigenvalue weighted by atomic mass is 14.4. The van der Waals surface area contributed by atoms with Crippen LogP contribution in [0, 0.1) is 43.4 Å². The zero-order valence-corrected chi connectivity index (χ0v) is 35.0. The van der Waals surface area contributed by atoms with Gasteiger partial charge in [0.2, 0.25) is 0 Å². The second-order valence-electron chi connectivity index (χ2n) is 15.9. The maximum Gasteiger partial charge on any atom is 0.0991 e. The highest BCUT2D eigenvalue weighted by Crippen LogP contribution is 2.53. The maximum atomic E-state index is 8.57. The number of fused-ring (bicyclic) bond motifs is 5. The largest absolute Gasteiger partial charge is 0.192 e. The summed E-state index contributed by atoms with van der Waals surface area (Å²) in [5.41, 5.74) is 15.3. The van der Waals surface area contributed by atoms with E-state index in [0.717, 1.165) is 24.0 Å². The monoisotopic (exact) mass is 744 g/mol. The van der Waals surface area contributed by atoms with E-state index in [-0.39, 0.29) is 5.41 Å². The van der Waals surface area contributed by atoms with Crippen LogP contribution in [-0.2, 0) is 11.8 Å². The SMILES string of the molecule is CCC(C)c1ccc(C#N)cc1.Cc1ccc(C#N)cc1.Cc1ccc2c(c1)C(C)(C)c1cc(C(C)Cc3ccccc3)c3ccccc3c1-2.Cc1ccccc1. The quantitative estimate of drug-likeness (QED) is 0.176. The van der Waals surface area contributed by atoms with Gasteiger partial charge in [-0.05, 0) is 119 Å². The Kier molecular flexibility index (Phi) is 14.4. The van der Waals surface area contributed by atoms with Crippen LogP contribution in [0.3, 0.4) is 0 Å². The molecule has 286 valence electrons. The Bertz CT molecular complexity index is 2440. The molecule has 0 spiro atoms. The van der Waals surface area contributed by atoms with E-state index in [1.807, 2.05) is 73.7 Å². The first-order valence-corrected chi connectivity index (χ1v) is 20.2. The molecule has 7 aromatic rings. The Labute approximate surface area is 342 Å². The molecular formula is C55H56N2. The third-order valence-electron chi connectivity index (χ3n) is 11.1. The summed E-state index contributed by atoms with van der Waals surface area (Å²) in [7, 11) is 0. The lowest BCUT2D eigenvalue weighted by molar-refractivity contribution is 0.656. The molecule has 2 nitrogen and oxygen atoms in total. The van der Waals surface area contributed by atoms with Crippen LogP contribution in [0.15, 0.2) is 158 Å². The van der Waals surface area contributed by atoms with Gasteiger partial charge in [-0.2, -0.15) is 10.5 Å². The van der Waals surface area contributed by atoms with Crippen molar-refractivity contribution in [3.63, 3.8) is 0 Å². The predicted octanol–water partition coefficient (Wildman–Crippen LogP) is 14.7. The highest BCUT2D eigenvalue weighted by molar-refractivity contribution is 6.04. The van der Waals surface area contributed by atoms with Crippen LogP contribution < -0.4 is 0 Å². The fourth-order valence-electron chi connectivity index (χ4n) is 7.49. The second kappa shape index (κ2) is 19.6. The van der Waals surface area contributed by atoms with Crippen LogP contribution in [-0.4, -0.2) is 0 Å². The van der Waals surface area contributed by atoms with E-state index in [9.17, 15) is 0 Å². The molecule has 1 aliphatic rings. The Balaban J connectivity index is 0.000000180. The van der Waals surface area contributed by atoms with Gasteiger partial charge in [0.05, 0.1) is 23.3 Å². The summed E-state index contributed by atoms with van der Waals surface area (Å²) in [6.07, 6.45) is 2.21. The first-order valence-electron chi connectivity index (χ1n) is 20.2. The van der Waals surface area contributed by atoms with E-state index in [0.29, 0.717) is 11.8 Å². The van der Waals surface area contributed by atoms with Crippen molar-refractivity contribution in [1.82, 2.24) is 0 Å². The van der Waals surface area contributed by atoms with Gasteiger partial charge in [0.1, 0.15) is 0 Å². The summed E-state index contributed by atoms with van der Waals surface area (Å²) in [6, 6.07) is 59.1. The number of rotatable bonds is 5. The van der Waals surface area contributed by atoms with Crippen molar-refractivity contribution in [1.29, 1.82) is 10.5 Å². The average molecular weight is 745 g/mol. The fourth-order valence-corrected chi connectivity index (χ4v) is 7.49. The van der Waals surface area contributed by atoms with Crippen molar-refractivity contribution >= 4 is 10.8 Å². The number of hydrogen-bond acceptors (Lipinski definition) is 2. The first-order chi connectivity index (χ1) is 27.5. The van der Waals surface area contributed by atoms with Gasteiger partial charge >= 0.3 is 0 Å². The Hall–Kier alpha value is -6.22. The number of nitriles is 2. The van der Waals surface area contributed by atoms with E-state index in [4.69, 9.17) is 10.5 Å². The van der Waals surface area contributed by atoms with E-state index in [1.54, 1.807) is 0 Å². The maximum absolute atomic E-state index is 8.57. The molecule has 57 heavy (non-hydrogen) atoms. The molecule has 0 aromatic heterocycles. The lowest BCUT2D eigenvalue weighted by Gasteiger charge is -2.24. The molecule has 0 radical (unpaired) electrons. The van der Waals surface area contributed by atoms with Crippen LogP contribution in [0.4, 0.5) is 0 Å². The molecule has 0 saturated carbocycles. The minimum Gasteiger partial charge on any atom is -0.192 e. The summed E-state index contributed by atoms with van der Waals surface area (Å²) >= 11 is 0. The Morgan fingerprint density at radius 1 is 0.526 bits per heavy atom. The zero-order chi connectivity index (χ0) is 41.0. The van der Waals surface area contributed by atoms with Crippen molar-refractivity contribution in [2.75, 3.05) is 0 Å². The van der Waals surface area contributed by atoms with Gasteiger partial charge in [0, 0.05) is 5.41 Å². The summed E-state index contributed by atoms with van der Waals surface area (Å²) in [5.74, 6) is 1.06. The minimum atomic E-state index is 0.0297. The van der Waals surface area contributed by atoms with Gasteiger partial charge in [0.15, 0.2) is 0 Å². The molecular weight excluding hydrogens is 689 g/mol. The number of aryl methyl sites for hydroxylation is 3. The average Bonchev–Trinajstić information content (AvgIpc) is 3.46. The van der Waals surface area contributed by atoms with Gasteiger partial charge in [-0.25, -0.2) is 0 Å². The van der Waals surface area contributed by atoms with Crippen molar-refractivity contribution in [2.24, 2.45) is 0 Å². The molecule has 2 atom stereocenters. The van der Waals surface area contributed by atoms with Gasteiger partial charge in [-0.1, -0.05) is 185 Å². The Morgan fingerprint density at radius 3 is 1.58 bits per heavy atom. The number of nitrogens with zero attached hydrogens (tertiary/aromatic N) is 2. The molecule has 2 unspecified atom stereocenters. The normalized spacial score (nSPS) is 12.7. The Morgan fingerprint density at radius 2 is 1.04 bits per heavy atom. The lowest BCUT2D eigenvalue weighted by atomic mass is 9.79. The molecule has 2 heteroatoms. The van der Waals surface area contributed by atoms with Gasteiger partial charge in [-0.3, -0.25) is 0 Å². The molecule has 7 aromatic carbocycles. The van der Waals surface area contributed by atoms with E-state index >= 15 is 0 Å². The highest BCUT2D eigenvalue weighted by Gasteiger charge is 2.37. The van der Waals surface area contributed by atoms with Gasteiger partial charge < -0.3 is 0 Å². The third-order valence-corrected chi connectivity index (χ3v) is 11.1. The smallest absolute Gasteiger partial charge is 0.0991 e. The molecule has 0 heterocycles. The third kappa shape index (κ3) is 10.6. The number of benzene rings is 7. The summed E-state index contributed by atoms with van der Waals surface area (Å²) < 4.78 is 0. The van der Waals surface area contributed by atoms with Gasteiger partial charge in [-0.15, -0.1) is 0 Å². The molecule has 0 bridgehead atoms. The van der Waals surface area contributed by atoms with Crippen LogP contribution in [0.5, 0.6) is 0 Å². The van der Waals surface area contributed by atoms with Crippen molar-refractivity contribution < 1.29 is 0 Å². The van der Waals surface area contributed by atoms with Gasteiger partial charge in [0.25, 0.3) is 0 Å². The molecule has 8 rings (SSSR count). The van der Waals surface area contributed by atoms with Crippen molar-refractivity contribution in [2.45, 2.75) is 85.5 Å². The zero-order valence-electron chi connectivity index (χ0n) is 35.0. The molecule has 0 amide bonds. The standard InChI is InChI=1S/C29H28.C11H13N.C8H7N.C7H8/c1-19-14-15-24-26(16-19)29(3,4)27-18-25(20(2)17-21-10-6-5-7-11-21)22-12-8-9-13-23(22)28(24)27;1-3-9(2)11-6-4-10(8-12)5-7-11;1-7-2-4-8(6-9)5-3-7;1-7-5-3-2-4-6-7/h5-16,18,20H,17H2,1-4H3;4-7,9H,3H2,1-2H3;2-5H,1H3;2-6H,1H3. The molecule has 0 N–H and O–H groups in total. The first kappa shape index (κ1) is 41.9. The molecule has 1 aliphatic carbocycles. The topological polar surface area (TPSA) is 47.6 Å². The van der Waals surface area contributed by atoms with E-state index < -0.39 is 0 Å². The summed E-state index contributed by atoms with van der Waals surface area (Å²) in [6.45, 7) is 17.8. The molecule has 0 fully saturated rings. The summed E-state index contributed by atoms with van der Waals surface area (Å²) in [4.78, 5) is 0. The summed E-state index contributed by atoms with van der Waals surface area (Å²) in [5, 5.41) is 19.8. The van der Waals surface area contributed by atoms with Crippen LogP contribution in [0.25, 0.3) is 21.9 Å². The van der Waals surface area contributed by atoms with Crippen molar-refractivity contribution in [3.8, 4) is 23.3 Å². The molecule has 0 aliphatic heterocycles. The van der Waals surface area contributed by atoms with E-state index in [1.165, 1.54) is 66.4 Å². The van der Waals surface area contributed by atoms with Crippen LogP contribution >= 0.6 is 0 Å². The van der Waals surface area contributed by atoms with E-state index in [2.05, 4.69) is 152 Å². The lowest BCUT2D eigenvalue weighted by Crippen LogP contribution is -2.16. The molecule has 0 saturated heterocycles. The fraction of sp³-hybridized carbons (Fsp3) is 0.236. The predicted molar refractivity (Wildman–Crippen MR) is 242 cm³/mol.